The van der Waals surface area contributed by atoms with Crippen LogP contribution in [0.3, 0.4) is 0 Å². The van der Waals surface area contributed by atoms with Crippen molar-refractivity contribution in [3.05, 3.63) is 101 Å². The first-order valence-corrected chi connectivity index (χ1v) is 11.9. The second-order valence-electron chi connectivity index (χ2n) is 8.80. The average Bonchev–Trinajstić information content (AvgIpc) is 3.56. The Bertz CT molecular complexity index is 1500. The number of para-hydroxylation sites is 1. The van der Waals surface area contributed by atoms with Gasteiger partial charge in [-0.15, -0.1) is 0 Å². The molecule has 4 aromatic rings. The number of carbonyl (C=O) groups is 3. The highest BCUT2D eigenvalue weighted by atomic mass is 16.5. The zero-order chi connectivity index (χ0) is 25.8. The molecule has 0 unspecified atom stereocenters. The fourth-order valence-electron chi connectivity index (χ4n) is 4.37. The minimum absolute atomic E-state index is 0.124. The Morgan fingerprint density at radius 2 is 1.84 bits per heavy atom. The number of aryl methyl sites for hydroxylation is 1. The highest BCUT2D eigenvalue weighted by Crippen LogP contribution is 2.37. The monoisotopic (exact) mass is 495 g/mol. The molecule has 2 N–H and O–H groups in total. The van der Waals surface area contributed by atoms with Crippen LogP contribution in [0.2, 0.25) is 0 Å². The third-order valence-corrected chi connectivity index (χ3v) is 6.15. The van der Waals surface area contributed by atoms with Gasteiger partial charge in [-0.25, -0.2) is 14.6 Å². The lowest BCUT2D eigenvalue weighted by atomic mass is 10.0. The van der Waals surface area contributed by atoms with Crippen LogP contribution in [-0.2, 0) is 22.5 Å². The van der Waals surface area contributed by atoms with Crippen LogP contribution in [0.15, 0.2) is 71.3 Å². The van der Waals surface area contributed by atoms with Crippen molar-refractivity contribution in [3.8, 4) is 0 Å². The van der Waals surface area contributed by atoms with Crippen molar-refractivity contribution in [2.24, 2.45) is 0 Å². The fourth-order valence-corrected chi connectivity index (χ4v) is 4.37. The number of imide groups is 1. The highest BCUT2D eigenvalue weighted by molar-refractivity contribution is 6.08. The number of pyridine rings is 1. The number of nitrogens with zero attached hydrogens (tertiary/aromatic N) is 1. The number of carbonyl (C=O) groups excluding carboxylic acids is 3. The van der Waals surface area contributed by atoms with Gasteiger partial charge in [-0.3, -0.25) is 10.1 Å². The summed E-state index contributed by atoms with van der Waals surface area (Å²) in [7, 11) is 0. The van der Waals surface area contributed by atoms with E-state index in [1.807, 2.05) is 31.2 Å². The maximum absolute atomic E-state index is 13.2. The van der Waals surface area contributed by atoms with E-state index in [9.17, 15) is 14.4 Å². The standard InChI is InChI=1S/C29H25N3O5/c1-18-8-10-19(11-9-18)15-20-12-13-23-26(22-6-2-3-7-24(22)31-27(20)23)28(34)37-17-25(33)32-29(35)30-16-21-5-4-14-36-21/h2-11,14-15H,12-13,16-17H2,1H3,(H2,30,32,33,35)/b20-15-. The maximum atomic E-state index is 13.2. The molecular weight excluding hydrogens is 470 g/mol. The van der Waals surface area contributed by atoms with Gasteiger partial charge in [0, 0.05) is 5.39 Å². The molecular formula is C29H25N3O5. The largest absolute Gasteiger partial charge is 0.467 e. The summed E-state index contributed by atoms with van der Waals surface area (Å²) < 4.78 is 10.5. The van der Waals surface area contributed by atoms with E-state index in [4.69, 9.17) is 14.1 Å². The predicted molar refractivity (Wildman–Crippen MR) is 138 cm³/mol. The molecule has 0 fully saturated rings. The molecule has 8 heteroatoms. The lowest BCUT2D eigenvalue weighted by Gasteiger charge is -2.12. The molecule has 37 heavy (non-hydrogen) atoms. The third kappa shape index (κ3) is 5.43. The summed E-state index contributed by atoms with van der Waals surface area (Å²) in [5.41, 5.74) is 5.95. The molecule has 1 aliphatic carbocycles. The first-order chi connectivity index (χ1) is 18.0. The van der Waals surface area contributed by atoms with Gasteiger partial charge >= 0.3 is 12.0 Å². The van der Waals surface area contributed by atoms with E-state index >= 15 is 0 Å². The van der Waals surface area contributed by atoms with Gasteiger partial charge in [0.25, 0.3) is 5.91 Å². The first-order valence-electron chi connectivity index (χ1n) is 11.9. The van der Waals surface area contributed by atoms with Gasteiger partial charge in [0.2, 0.25) is 0 Å². The zero-order valence-electron chi connectivity index (χ0n) is 20.2. The number of rotatable bonds is 6. The minimum Gasteiger partial charge on any atom is -0.467 e. The zero-order valence-corrected chi connectivity index (χ0v) is 20.2. The summed E-state index contributed by atoms with van der Waals surface area (Å²) in [6.45, 7) is 1.57. The van der Waals surface area contributed by atoms with Crippen LogP contribution in [0.25, 0.3) is 22.6 Å². The second kappa shape index (κ2) is 10.5. The van der Waals surface area contributed by atoms with Crippen molar-refractivity contribution in [3.63, 3.8) is 0 Å². The Morgan fingerprint density at radius 3 is 2.62 bits per heavy atom. The van der Waals surface area contributed by atoms with E-state index in [1.54, 1.807) is 12.1 Å². The number of amides is 3. The van der Waals surface area contributed by atoms with Gasteiger partial charge in [-0.05, 0) is 60.7 Å². The molecule has 2 aromatic carbocycles. The van der Waals surface area contributed by atoms with Crippen LogP contribution in [0.5, 0.6) is 0 Å². The summed E-state index contributed by atoms with van der Waals surface area (Å²) in [4.78, 5) is 42.3. The van der Waals surface area contributed by atoms with E-state index in [0.717, 1.165) is 28.8 Å². The Hall–Kier alpha value is -4.72. The fraction of sp³-hybridized carbons (Fsp3) is 0.172. The number of benzene rings is 2. The van der Waals surface area contributed by atoms with Gasteiger partial charge in [-0.1, -0.05) is 48.0 Å². The van der Waals surface area contributed by atoms with Crippen molar-refractivity contribution in [2.45, 2.75) is 26.3 Å². The maximum Gasteiger partial charge on any atom is 0.339 e. The molecule has 1 aliphatic rings. The molecule has 186 valence electrons. The number of nitrogens with one attached hydrogen (secondary N) is 2. The van der Waals surface area contributed by atoms with Crippen LogP contribution >= 0.6 is 0 Å². The Morgan fingerprint density at radius 1 is 1.03 bits per heavy atom. The number of urea groups is 1. The summed E-state index contributed by atoms with van der Waals surface area (Å²) >= 11 is 0. The smallest absolute Gasteiger partial charge is 0.339 e. The number of esters is 1. The molecule has 3 amide bonds. The quantitative estimate of drug-likeness (QED) is 0.372. The summed E-state index contributed by atoms with van der Waals surface area (Å²) in [5, 5.41) is 5.32. The number of hydrogen-bond acceptors (Lipinski definition) is 6. The second-order valence-corrected chi connectivity index (χ2v) is 8.80. The average molecular weight is 496 g/mol. The van der Waals surface area contributed by atoms with Crippen molar-refractivity contribution < 1.29 is 23.5 Å². The first kappa shape index (κ1) is 24.0. The minimum atomic E-state index is -0.736. The van der Waals surface area contributed by atoms with Crippen LogP contribution in [0.4, 0.5) is 4.79 Å². The van der Waals surface area contributed by atoms with Crippen LogP contribution in [0, 0.1) is 6.92 Å². The molecule has 0 spiro atoms. The number of allylic oxidation sites excluding steroid dienone is 1. The number of ether oxygens (including phenoxy) is 1. The Balaban J connectivity index is 1.33. The van der Waals surface area contributed by atoms with E-state index in [-0.39, 0.29) is 6.54 Å². The molecule has 2 heterocycles. The normalized spacial score (nSPS) is 13.4. The number of fused-ring (bicyclic) bond motifs is 2. The topological polar surface area (TPSA) is 111 Å². The molecule has 5 rings (SSSR count). The molecule has 2 aromatic heterocycles. The number of aromatic nitrogens is 1. The van der Waals surface area contributed by atoms with E-state index in [2.05, 4.69) is 41.0 Å². The predicted octanol–water partition coefficient (Wildman–Crippen LogP) is 4.81. The summed E-state index contributed by atoms with van der Waals surface area (Å²) in [6, 6.07) is 18.3. The molecule has 0 bridgehead atoms. The third-order valence-electron chi connectivity index (χ3n) is 6.15. The lowest BCUT2D eigenvalue weighted by Crippen LogP contribution is -2.41. The van der Waals surface area contributed by atoms with Crippen molar-refractivity contribution >= 4 is 40.5 Å². The molecule has 0 radical (unpaired) electrons. The molecule has 8 nitrogen and oxygen atoms in total. The Labute approximate surface area is 213 Å². The van der Waals surface area contributed by atoms with Crippen molar-refractivity contribution in [2.75, 3.05) is 6.61 Å². The number of furan rings is 1. The van der Waals surface area contributed by atoms with E-state index < -0.39 is 24.5 Å². The lowest BCUT2D eigenvalue weighted by molar-refractivity contribution is -0.123. The van der Waals surface area contributed by atoms with Gasteiger partial charge < -0.3 is 14.5 Å². The molecule has 0 atom stereocenters. The van der Waals surface area contributed by atoms with E-state index in [0.29, 0.717) is 28.6 Å². The Kier molecular flexibility index (Phi) is 6.81. The molecule has 0 saturated carbocycles. The number of hydrogen-bond donors (Lipinski definition) is 2. The van der Waals surface area contributed by atoms with Gasteiger partial charge in [0.1, 0.15) is 5.76 Å². The highest BCUT2D eigenvalue weighted by Gasteiger charge is 2.28. The SMILES string of the molecule is Cc1ccc(/C=C2/CCc3c2nc2ccccc2c3C(=O)OCC(=O)NC(=O)NCc2ccco2)cc1. The van der Waals surface area contributed by atoms with Gasteiger partial charge in [-0.2, -0.15) is 0 Å². The van der Waals surface area contributed by atoms with Crippen molar-refractivity contribution in [1.29, 1.82) is 0 Å². The summed E-state index contributed by atoms with van der Waals surface area (Å²) in [6.07, 6.45) is 4.96. The van der Waals surface area contributed by atoms with Gasteiger partial charge in [0.15, 0.2) is 6.61 Å². The summed E-state index contributed by atoms with van der Waals surface area (Å²) in [5.74, 6) is -0.818. The van der Waals surface area contributed by atoms with Crippen molar-refractivity contribution in [1.82, 2.24) is 15.6 Å². The van der Waals surface area contributed by atoms with E-state index in [1.165, 1.54) is 11.8 Å². The molecule has 0 saturated heterocycles. The van der Waals surface area contributed by atoms with Crippen LogP contribution in [-0.4, -0.2) is 29.5 Å². The van der Waals surface area contributed by atoms with Crippen LogP contribution < -0.4 is 10.6 Å². The van der Waals surface area contributed by atoms with Gasteiger partial charge in [0.05, 0.1) is 29.6 Å². The van der Waals surface area contributed by atoms with Crippen LogP contribution in [0.1, 0.15) is 44.9 Å². The molecule has 0 aliphatic heterocycles.